The van der Waals surface area contributed by atoms with E-state index in [0.717, 1.165) is 83.5 Å². The molecule has 1 amide bonds. The molecule has 0 heterocycles. The Hall–Kier alpha value is -1.92. The lowest BCUT2D eigenvalue weighted by Crippen LogP contribution is -2.46. The van der Waals surface area contributed by atoms with Crippen molar-refractivity contribution >= 4 is 11.9 Å². The van der Waals surface area contributed by atoms with Crippen LogP contribution in [0.1, 0.15) is 258 Å². The van der Waals surface area contributed by atoms with Gasteiger partial charge >= 0.3 is 5.97 Å². The maximum atomic E-state index is 13.2. The molecule has 58 heavy (non-hydrogen) atoms. The molecule has 0 saturated carbocycles. The van der Waals surface area contributed by atoms with E-state index in [1.165, 1.54) is 128 Å². The second kappa shape index (κ2) is 46.2. The molecular formula is C52H97NO5. The molecule has 0 aromatic rings. The number of amides is 1. The summed E-state index contributed by atoms with van der Waals surface area (Å²) in [5.41, 5.74) is 0. The predicted octanol–water partition coefficient (Wildman–Crippen LogP) is 14.9. The van der Waals surface area contributed by atoms with E-state index in [2.05, 4.69) is 62.5 Å². The molecule has 0 fully saturated rings. The van der Waals surface area contributed by atoms with Crippen LogP contribution in [-0.2, 0) is 14.3 Å². The van der Waals surface area contributed by atoms with Crippen LogP contribution in [0.2, 0.25) is 0 Å². The Morgan fingerprint density at radius 1 is 0.517 bits per heavy atom. The first-order valence-corrected chi connectivity index (χ1v) is 25.2. The van der Waals surface area contributed by atoms with Crippen molar-refractivity contribution in [3.63, 3.8) is 0 Å². The molecule has 3 unspecified atom stereocenters. The molecule has 0 spiro atoms. The van der Waals surface area contributed by atoms with Crippen molar-refractivity contribution in [3.05, 3.63) is 36.5 Å². The smallest absolute Gasteiger partial charge is 0.306 e. The summed E-state index contributed by atoms with van der Waals surface area (Å²) in [5.74, 6) is -0.492. The average molecular weight is 816 g/mol. The molecule has 0 aliphatic carbocycles. The number of carbonyl (C=O) groups is 2. The van der Waals surface area contributed by atoms with E-state index < -0.39 is 18.2 Å². The fraction of sp³-hybridized carbons (Fsp3) is 0.846. The third-order valence-corrected chi connectivity index (χ3v) is 11.5. The SMILES string of the molecule is CC/C=C/C/C=C/CCCCCCCCCC(=O)OC(CCCCC/C=C/CCCCCCCCCCC)CC(=O)NC(CO)C(O)CCCCCCCCCCC. The minimum atomic E-state index is -0.789. The molecule has 0 aliphatic rings. The molecule has 0 aromatic heterocycles. The molecule has 3 atom stereocenters. The first-order chi connectivity index (χ1) is 28.5. The zero-order valence-corrected chi connectivity index (χ0v) is 38.7. The van der Waals surface area contributed by atoms with E-state index in [1.54, 1.807) is 0 Å². The van der Waals surface area contributed by atoms with Crippen LogP contribution in [0.15, 0.2) is 36.5 Å². The van der Waals surface area contributed by atoms with Crippen LogP contribution in [0.3, 0.4) is 0 Å². The Morgan fingerprint density at radius 3 is 1.43 bits per heavy atom. The number of aliphatic hydroxyl groups excluding tert-OH is 2. The van der Waals surface area contributed by atoms with E-state index >= 15 is 0 Å². The normalized spacial score (nSPS) is 13.5. The van der Waals surface area contributed by atoms with Crippen molar-refractivity contribution in [2.75, 3.05) is 6.61 Å². The van der Waals surface area contributed by atoms with Crippen LogP contribution in [0.4, 0.5) is 0 Å². The third kappa shape index (κ3) is 40.8. The standard InChI is InChI=1S/C52H97NO5/c1-4-7-10-13-16-19-21-23-25-26-27-29-32-34-37-40-43-48(58-52(57)45-42-39-36-33-30-28-24-22-20-17-14-11-8-5-2)46-51(56)53-49(47-54)50(55)44-41-38-35-31-18-15-12-9-6-3/h8,11,17,20,27,29,48-50,54-55H,4-7,9-10,12-16,18-19,21-26,28,30-47H2,1-3H3,(H,53,56)/b11-8+,20-17+,29-27+. The molecule has 0 rings (SSSR count). The van der Waals surface area contributed by atoms with E-state index in [0.29, 0.717) is 19.3 Å². The Balaban J connectivity index is 4.60. The Kier molecular flexibility index (Phi) is 44.6. The first kappa shape index (κ1) is 56.1. The summed E-state index contributed by atoms with van der Waals surface area (Å²) < 4.78 is 5.92. The number of hydrogen-bond acceptors (Lipinski definition) is 5. The zero-order chi connectivity index (χ0) is 42.4. The Labute approximate surface area is 360 Å². The number of rotatable bonds is 45. The van der Waals surface area contributed by atoms with Crippen molar-refractivity contribution in [2.24, 2.45) is 0 Å². The molecule has 0 radical (unpaired) electrons. The van der Waals surface area contributed by atoms with Gasteiger partial charge in [0, 0.05) is 6.42 Å². The Morgan fingerprint density at radius 2 is 0.931 bits per heavy atom. The van der Waals surface area contributed by atoms with Crippen LogP contribution < -0.4 is 5.32 Å². The first-order valence-electron chi connectivity index (χ1n) is 25.2. The van der Waals surface area contributed by atoms with E-state index in [1.807, 2.05) is 0 Å². The van der Waals surface area contributed by atoms with Gasteiger partial charge in [-0.3, -0.25) is 9.59 Å². The largest absolute Gasteiger partial charge is 0.462 e. The van der Waals surface area contributed by atoms with Crippen LogP contribution in [0, 0.1) is 0 Å². The highest BCUT2D eigenvalue weighted by atomic mass is 16.5. The average Bonchev–Trinajstić information content (AvgIpc) is 3.22. The molecule has 0 bridgehead atoms. The van der Waals surface area contributed by atoms with E-state index in [4.69, 9.17) is 4.74 Å². The van der Waals surface area contributed by atoms with Crippen LogP contribution in [0.5, 0.6) is 0 Å². The van der Waals surface area contributed by atoms with E-state index in [9.17, 15) is 19.8 Å². The second-order valence-electron chi connectivity index (χ2n) is 17.2. The fourth-order valence-corrected chi connectivity index (χ4v) is 7.64. The van der Waals surface area contributed by atoms with Gasteiger partial charge in [0.15, 0.2) is 0 Å². The van der Waals surface area contributed by atoms with Gasteiger partial charge in [0.1, 0.15) is 6.10 Å². The summed E-state index contributed by atoms with van der Waals surface area (Å²) in [6.45, 7) is 6.36. The van der Waals surface area contributed by atoms with Crippen LogP contribution >= 0.6 is 0 Å². The summed E-state index contributed by atoms with van der Waals surface area (Å²) in [5, 5.41) is 23.7. The highest BCUT2D eigenvalue weighted by molar-refractivity contribution is 5.77. The number of hydrogen-bond donors (Lipinski definition) is 3. The summed E-state index contributed by atoms with van der Waals surface area (Å²) in [6.07, 6.45) is 53.5. The molecule has 6 nitrogen and oxygen atoms in total. The van der Waals surface area contributed by atoms with Gasteiger partial charge in [-0.2, -0.15) is 0 Å². The van der Waals surface area contributed by atoms with Crippen molar-refractivity contribution in [3.8, 4) is 0 Å². The molecule has 340 valence electrons. The van der Waals surface area contributed by atoms with Gasteiger partial charge in [0.2, 0.25) is 5.91 Å². The van der Waals surface area contributed by atoms with Crippen LogP contribution in [-0.4, -0.2) is 46.9 Å². The molecular weight excluding hydrogens is 719 g/mol. The van der Waals surface area contributed by atoms with Gasteiger partial charge in [0.05, 0.1) is 25.2 Å². The second-order valence-corrected chi connectivity index (χ2v) is 17.2. The zero-order valence-electron chi connectivity index (χ0n) is 38.7. The van der Waals surface area contributed by atoms with E-state index in [-0.39, 0.29) is 24.9 Å². The third-order valence-electron chi connectivity index (χ3n) is 11.5. The summed E-state index contributed by atoms with van der Waals surface area (Å²) in [4.78, 5) is 26.1. The van der Waals surface area contributed by atoms with Crippen LogP contribution in [0.25, 0.3) is 0 Å². The van der Waals surface area contributed by atoms with Gasteiger partial charge < -0.3 is 20.3 Å². The summed E-state index contributed by atoms with van der Waals surface area (Å²) >= 11 is 0. The van der Waals surface area contributed by atoms with Gasteiger partial charge in [0.25, 0.3) is 0 Å². The topological polar surface area (TPSA) is 95.9 Å². The lowest BCUT2D eigenvalue weighted by atomic mass is 10.0. The number of unbranched alkanes of at least 4 members (excludes halogenated alkanes) is 27. The molecule has 0 saturated heterocycles. The van der Waals surface area contributed by atoms with Crippen molar-refractivity contribution in [2.45, 2.75) is 277 Å². The quantitative estimate of drug-likeness (QED) is 0.0323. The Bertz CT molecular complexity index is 961. The minimum absolute atomic E-state index is 0.0657. The van der Waals surface area contributed by atoms with Gasteiger partial charge in [-0.15, -0.1) is 0 Å². The molecule has 6 heteroatoms. The summed E-state index contributed by atoms with van der Waals surface area (Å²) in [7, 11) is 0. The van der Waals surface area contributed by atoms with Crippen molar-refractivity contribution in [1.82, 2.24) is 5.32 Å². The minimum Gasteiger partial charge on any atom is -0.462 e. The number of carbonyl (C=O) groups excluding carboxylic acids is 2. The van der Waals surface area contributed by atoms with Crippen molar-refractivity contribution in [1.29, 1.82) is 0 Å². The maximum absolute atomic E-state index is 13.2. The maximum Gasteiger partial charge on any atom is 0.306 e. The van der Waals surface area contributed by atoms with Crippen molar-refractivity contribution < 1.29 is 24.5 Å². The molecule has 0 aliphatic heterocycles. The van der Waals surface area contributed by atoms with Gasteiger partial charge in [-0.1, -0.05) is 205 Å². The number of ether oxygens (including phenoxy) is 1. The number of aliphatic hydroxyl groups is 2. The predicted molar refractivity (Wildman–Crippen MR) is 250 cm³/mol. The number of allylic oxidation sites excluding steroid dienone is 6. The highest BCUT2D eigenvalue weighted by Gasteiger charge is 2.24. The van der Waals surface area contributed by atoms with Gasteiger partial charge in [-0.05, 0) is 77.0 Å². The van der Waals surface area contributed by atoms with Gasteiger partial charge in [-0.25, -0.2) is 0 Å². The monoisotopic (exact) mass is 816 g/mol. The lowest BCUT2D eigenvalue weighted by molar-refractivity contribution is -0.151. The lowest BCUT2D eigenvalue weighted by Gasteiger charge is -2.24. The molecule has 0 aromatic carbocycles. The fourth-order valence-electron chi connectivity index (χ4n) is 7.64. The number of nitrogens with one attached hydrogen (secondary N) is 1. The number of esters is 1. The molecule has 3 N–H and O–H groups in total. The highest BCUT2D eigenvalue weighted by Crippen LogP contribution is 2.17. The summed E-state index contributed by atoms with van der Waals surface area (Å²) in [6, 6.07) is -0.704.